The Labute approximate surface area is 310 Å². The van der Waals surface area contributed by atoms with E-state index >= 15 is 0 Å². The molecular formula is C44H82N2O4. The lowest BCUT2D eigenvalue weighted by atomic mass is 9.62. The molecule has 6 heteroatoms. The number of hydrogen-bond acceptors (Lipinski definition) is 6. The van der Waals surface area contributed by atoms with Crippen LogP contribution in [0.1, 0.15) is 210 Å². The summed E-state index contributed by atoms with van der Waals surface area (Å²) in [5.41, 5.74) is -0.410. The molecule has 50 heavy (non-hydrogen) atoms. The van der Waals surface area contributed by atoms with Gasteiger partial charge in [-0.1, -0.05) is 165 Å². The lowest BCUT2D eigenvalue weighted by Gasteiger charge is -2.45. The maximum absolute atomic E-state index is 12.4. The molecule has 0 bridgehead atoms. The maximum Gasteiger partial charge on any atom is 0.305 e. The summed E-state index contributed by atoms with van der Waals surface area (Å²) in [6, 6.07) is 0.214. The van der Waals surface area contributed by atoms with Crippen molar-refractivity contribution in [3.8, 4) is 0 Å². The number of rotatable bonds is 29. The molecule has 0 radical (unpaired) electrons. The van der Waals surface area contributed by atoms with Crippen molar-refractivity contribution in [1.82, 2.24) is 0 Å². The summed E-state index contributed by atoms with van der Waals surface area (Å²) in [4.78, 5) is 34.8. The van der Waals surface area contributed by atoms with E-state index < -0.39 is 0 Å². The second-order valence-electron chi connectivity index (χ2n) is 18.4. The van der Waals surface area contributed by atoms with Gasteiger partial charge in [-0.2, -0.15) is 0 Å². The van der Waals surface area contributed by atoms with E-state index in [1.165, 1.54) is 89.9 Å². The van der Waals surface area contributed by atoms with E-state index in [2.05, 4.69) is 62.3 Å². The molecule has 0 saturated heterocycles. The monoisotopic (exact) mass is 703 g/mol. The van der Waals surface area contributed by atoms with Gasteiger partial charge in [-0.05, 0) is 42.9 Å². The number of nitrogens with zero attached hydrogens (tertiary/aromatic N) is 2. The molecule has 1 saturated carbocycles. The second-order valence-corrected chi connectivity index (χ2v) is 18.4. The van der Waals surface area contributed by atoms with Crippen molar-refractivity contribution in [3.63, 3.8) is 0 Å². The minimum absolute atomic E-state index is 0.0368. The Morgan fingerprint density at radius 2 is 1.02 bits per heavy atom. The number of carbonyl (C=O) groups is 2. The summed E-state index contributed by atoms with van der Waals surface area (Å²) < 4.78 is 11.3. The Hall–Kier alpha value is -1.72. The standard InChI is InChI=1S/C44H82N2O4/c1-10-12-14-16-18-20-22-24-26-28-39(47)49-36-42(5,6)33-45-35-44(9)31-38(30-41(3,4)32-44)46-34-43(7,8)37-50-40(48)29-27-25-23-21-19-17-15-13-11-2/h33-34,38H,10-32,35-37H2,1-9H3. The third kappa shape index (κ3) is 24.5. The number of carbonyl (C=O) groups excluding carboxylic acids is 2. The molecule has 6 nitrogen and oxygen atoms in total. The molecule has 1 fully saturated rings. The highest BCUT2D eigenvalue weighted by Crippen LogP contribution is 2.47. The van der Waals surface area contributed by atoms with Crippen LogP contribution in [0.25, 0.3) is 0 Å². The van der Waals surface area contributed by atoms with E-state index in [4.69, 9.17) is 19.5 Å². The topological polar surface area (TPSA) is 77.3 Å². The third-order valence-corrected chi connectivity index (χ3v) is 10.1. The van der Waals surface area contributed by atoms with Crippen molar-refractivity contribution in [3.05, 3.63) is 0 Å². The van der Waals surface area contributed by atoms with Crippen molar-refractivity contribution < 1.29 is 19.1 Å². The predicted molar refractivity (Wildman–Crippen MR) is 215 cm³/mol. The molecule has 0 aromatic carbocycles. The average molecular weight is 703 g/mol. The van der Waals surface area contributed by atoms with Gasteiger partial charge in [-0.3, -0.25) is 19.6 Å². The molecule has 1 aliphatic carbocycles. The van der Waals surface area contributed by atoms with Gasteiger partial charge >= 0.3 is 11.9 Å². The fourth-order valence-electron chi connectivity index (χ4n) is 7.54. The first kappa shape index (κ1) is 46.3. The Kier molecular flexibility index (Phi) is 23.4. The molecule has 0 aromatic heterocycles. The van der Waals surface area contributed by atoms with Crippen LogP contribution in [-0.2, 0) is 19.1 Å². The van der Waals surface area contributed by atoms with Crippen LogP contribution in [0.3, 0.4) is 0 Å². The molecular weight excluding hydrogens is 620 g/mol. The Balaban J connectivity index is 2.43. The van der Waals surface area contributed by atoms with Gasteiger partial charge in [0.05, 0.1) is 6.04 Å². The first-order chi connectivity index (χ1) is 23.6. The van der Waals surface area contributed by atoms with Gasteiger partial charge in [-0.25, -0.2) is 0 Å². The highest BCUT2D eigenvalue weighted by Gasteiger charge is 2.41. The summed E-state index contributed by atoms with van der Waals surface area (Å²) in [5.74, 6) is -0.178. The van der Waals surface area contributed by atoms with Gasteiger partial charge in [0.25, 0.3) is 0 Å². The van der Waals surface area contributed by atoms with Crippen LogP contribution in [0, 0.1) is 21.7 Å². The van der Waals surface area contributed by atoms with Crippen molar-refractivity contribution >= 4 is 24.4 Å². The van der Waals surface area contributed by atoms with Gasteiger partial charge in [0.2, 0.25) is 0 Å². The number of esters is 2. The second kappa shape index (κ2) is 25.3. The molecule has 0 N–H and O–H groups in total. The van der Waals surface area contributed by atoms with E-state index in [0.29, 0.717) is 26.1 Å². The summed E-state index contributed by atoms with van der Waals surface area (Å²) >= 11 is 0. The minimum Gasteiger partial charge on any atom is -0.465 e. The van der Waals surface area contributed by atoms with Gasteiger partial charge in [0.15, 0.2) is 0 Å². The Morgan fingerprint density at radius 3 is 1.46 bits per heavy atom. The fraction of sp³-hybridized carbons (Fsp3) is 0.909. The lowest BCUT2D eigenvalue weighted by Crippen LogP contribution is -2.40. The van der Waals surface area contributed by atoms with Crippen LogP contribution in [0.2, 0.25) is 0 Å². The van der Waals surface area contributed by atoms with E-state index in [0.717, 1.165) is 51.5 Å². The first-order valence-corrected chi connectivity index (χ1v) is 21.0. The first-order valence-electron chi connectivity index (χ1n) is 21.0. The smallest absolute Gasteiger partial charge is 0.305 e. The summed E-state index contributed by atoms with van der Waals surface area (Å²) in [6.45, 7) is 21.4. The van der Waals surface area contributed by atoms with Gasteiger partial charge < -0.3 is 9.47 Å². The van der Waals surface area contributed by atoms with Crippen LogP contribution >= 0.6 is 0 Å². The number of unbranched alkanes of at least 4 members (excludes halogenated alkanes) is 16. The molecule has 0 spiro atoms. The van der Waals surface area contributed by atoms with E-state index in [1.807, 2.05) is 12.4 Å². The molecule has 292 valence electrons. The van der Waals surface area contributed by atoms with Gasteiger partial charge in [0, 0.05) is 42.6 Å². The van der Waals surface area contributed by atoms with Crippen molar-refractivity contribution in [1.29, 1.82) is 0 Å². The Morgan fingerprint density at radius 1 is 0.620 bits per heavy atom. The highest BCUT2D eigenvalue weighted by atomic mass is 16.5. The third-order valence-electron chi connectivity index (χ3n) is 10.1. The molecule has 1 rings (SSSR count). The largest absolute Gasteiger partial charge is 0.465 e. The van der Waals surface area contributed by atoms with E-state index in [1.54, 1.807) is 0 Å². The summed E-state index contributed by atoms with van der Waals surface area (Å²) in [5, 5.41) is 0. The zero-order chi connectivity index (χ0) is 37.4. The average Bonchev–Trinajstić information content (AvgIpc) is 3.03. The van der Waals surface area contributed by atoms with Crippen molar-refractivity contribution in [2.45, 2.75) is 216 Å². The summed E-state index contributed by atoms with van der Waals surface area (Å²) in [6.07, 6.45) is 30.5. The van der Waals surface area contributed by atoms with E-state index in [-0.39, 0.29) is 39.6 Å². The summed E-state index contributed by atoms with van der Waals surface area (Å²) in [7, 11) is 0. The molecule has 0 amide bonds. The zero-order valence-corrected chi connectivity index (χ0v) is 34.6. The minimum atomic E-state index is -0.306. The molecule has 0 heterocycles. The normalized spacial score (nSPS) is 19.7. The van der Waals surface area contributed by atoms with Crippen LogP contribution in [0.15, 0.2) is 9.98 Å². The van der Waals surface area contributed by atoms with Crippen molar-refractivity contribution in [2.24, 2.45) is 31.6 Å². The number of aliphatic imine (C=N–C) groups is 2. The van der Waals surface area contributed by atoms with Crippen LogP contribution in [0.4, 0.5) is 0 Å². The van der Waals surface area contributed by atoms with Crippen LogP contribution in [-0.4, -0.2) is 50.2 Å². The fourth-order valence-corrected chi connectivity index (χ4v) is 7.54. The van der Waals surface area contributed by atoms with E-state index in [9.17, 15) is 9.59 Å². The molecule has 2 atom stereocenters. The lowest BCUT2D eigenvalue weighted by molar-refractivity contribution is -0.146. The number of hydrogen-bond donors (Lipinski definition) is 0. The quantitative estimate of drug-likeness (QED) is 0.0441. The Bertz CT molecular complexity index is 969. The molecule has 0 aromatic rings. The maximum atomic E-state index is 12.4. The van der Waals surface area contributed by atoms with Crippen LogP contribution in [0.5, 0.6) is 0 Å². The molecule has 2 unspecified atom stereocenters. The van der Waals surface area contributed by atoms with Gasteiger partial charge in [0.1, 0.15) is 13.2 Å². The SMILES string of the molecule is CCCCCCCCCCCC(=O)OCC(C)(C)C=NCC1(C)CC(N=CC(C)(C)COC(=O)CCCCCCCCCCC)CC(C)(C)C1. The van der Waals surface area contributed by atoms with Gasteiger partial charge in [-0.15, -0.1) is 0 Å². The van der Waals surface area contributed by atoms with Crippen LogP contribution < -0.4 is 0 Å². The zero-order valence-electron chi connectivity index (χ0n) is 34.6. The predicted octanol–water partition coefficient (Wildman–Crippen LogP) is 12.7. The number of ether oxygens (including phenoxy) is 2. The highest BCUT2D eigenvalue weighted by molar-refractivity contribution is 5.71. The molecule has 1 aliphatic rings. The molecule has 0 aliphatic heterocycles. The van der Waals surface area contributed by atoms with Crippen molar-refractivity contribution in [2.75, 3.05) is 19.8 Å².